The molecule has 0 saturated heterocycles. The van der Waals surface area contributed by atoms with Crippen molar-refractivity contribution in [3.63, 3.8) is 0 Å². The van der Waals surface area contributed by atoms with Crippen LogP contribution in [0.1, 0.15) is 31.2 Å². The lowest BCUT2D eigenvalue weighted by Gasteiger charge is -2.31. The average Bonchev–Trinajstić information content (AvgIpc) is 2.41. The Morgan fingerprint density at radius 3 is 2.52 bits per heavy atom. The molecule has 1 aliphatic rings. The maximum atomic E-state index is 12.7. The molecule has 1 fully saturated rings. The summed E-state index contributed by atoms with van der Waals surface area (Å²) in [7, 11) is 0. The van der Waals surface area contributed by atoms with E-state index in [0.29, 0.717) is 12.8 Å². The molecule has 2 nitrogen and oxygen atoms in total. The predicted molar refractivity (Wildman–Crippen MR) is 77.8 cm³/mol. The maximum absolute atomic E-state index is 12.7. The third kappa shape index (κ3) is 5.02. The highest BCUT2D eigenvalue weighted by atomic mass is 79.9. The Labute approximate surface area is 130 Å². The molecule has 0 spiro atoms. The summed E-state index contributed by atoms with van der Waals surface area (Å²) in [4.78, 5) is 11.9. The number of amides is 1. The molecule has 0 heterocycles. The molecule has 2 rings (SSSR count). The molecular formula is C15H17BrF3NO. The highest BCUT2D eigenvalue weighted by Crippen LogP contribution is 2.37. The average molecular weight is 364 g/mol. The Morgan fingerprint density at radius 1 is 1.24 bits per heavy atom. The van der Waals surface area contributed by atoms with E-state index >= 15 is 0 Å². The Bertz CT molecular complexity index is 487. The van der Waals surface area contributed by atoms with Crippen LogP contribution in [0.4, 0.5) is 13.2 Å². The minimum absolute atomic E-state index is 0.00439. The molecule has 1 aliphatic carbocycles. The normalized spacial score (nSPS) is 22.9. The second-order valence-corrected chi connectivity index (χ2v) is 6.39. The maximum Gasteiger partial charge on any atom is 0.391 e. The van der Waals surface area contributed by atoms with Crippen LogP contribution < -0.4 is 5.32 Å². The van der Waals surface area contributed by atoms with Crippen LogP contribution in [0.25, 0.3) is 0 Å². The largest absolute Gasteiger partial charge is 0.391 e. The summed E-state index contributed by atoms with van der Waals surface area (Å²) in [5.41, 5.74) is 0.846. The fourth-order valence-electron chi connectivity index (χ4n) is 2.68. The summed E-state index contributed by atoms with van der Waals surface area (Å²) in [5.74, 6) is -1.51. The van der Waals surface area contributed by atoms with Crippen LogP contribution in [0.5, 0.6) is 0 Å². The number of hydrogen-bond donors (Lipinski definition) is 1. The van der Waals surface area contributed by atoms with Gasteiger partial charge < -0.3 is 5.32 Å². The van der Waals surface area contributed by atoms with E-state index in [4.69, 9.17) is 0 Å². The fraction of sp³-hybridized carbons (Fsp3) is 0.533. The van der Waals surface area contributed by atoms with Crippen LogP contribution >= 0.6 is 15.9 Å². The van der Waals surface area contributed by atoms with Gasteiger partial charge in [0, 0.05) is 10.5 Å². The minimum Gasteiger partial charge on any atom is -0.353 e. The zero-order valence-electron chi connectivity index (χ0n) is 11.4. The van der Waals surface area contributed by atoms with Gasteiger partial charge in [0.15, 0.2) is 0 Å². The lowest BCUT2D eigenvalue weighted by molar-refractivity contribution is -0.184. The third-order valence-electron chi connectivity index (χ3n) is 3.78. The van der Waals surface area contributed by atoms with Crippen molar-refractivity contribution in [3.05, 3.63) is 34.3 Å². The highest BCUT2D eigenvalue weighted by molar-refractivity contribution is 9.10. The number of benzene rings is 1. The number of alkyl halides is 3. The van der Waals surface area contributed by atoms with Gasteiger partial charge in [0.05, 0.1) is 12.3 Å². The lowest BCUT2D eigenvalue weighted by Crippen LogP contribution is -2.42. The monoisotopic (exact) mass is 363 g/mol. The molecule has 0 radical (unpaired) electrons. The van der Waals surface area contributed by atoms with Gasteiger partial charge in [-0.25, -0.2) is 0 Å². The van der Waals surface area contributed by atoms with E-state index in [1.54, 1.807) is 0 Å². The number of rotatable bonds is 3. The van der Waals surface area contributed by atoms with Crippen molar-refractivity contribution in [3.8, 4) is 0 Å². The molecule has 2 atom stereocenters. The van der Waals surface area contributed by atoms with Crippen LogP contribution in [0.3, 0.4) is 0 Å². The Morgan fingerprint density at radius 2 is 1.90 bits per heavy atom. The van der Waals surface area contributed by atoms with Crippen molar-refractivity contribution in [1.82, 2.24) is 5.32 Å². The summed E-state index contributed by atoms with van der Waals surface area (Å²) in [5, 5.41) is 2.73. The first kappa shape index (κ1) is 16.3. The van der Waals surface area contributed by atoms with E-state index in [9.17, 15) is 18.0 Å². The predicted octanol–water partition coefficient (Wildman–Crippen LogP) is 4.23. The van der Waals surface area contributed by atoms with Crippen molar-refractivity contribution in [2.45, 2.75) is 44.3 Å². The van der Waals surface area contributed by atoms with Crippen LogP contribution in [-0.2, 0) is 11.2 Å². The summed E-state index contributed by atoms with van der Waals surface area (Å²) < 4.78 is 39.1. The van der Waals surface area contributed by atoms with E-state index in [1.165, 1.54) is 0 Å². The van der Waals surface area contributed by atoms with Crippen LogP contribution in [0.2, 0.25) is 0 Å². The molecule has 2 unspecified atom stereocenters. The molecule has 0 aromatic heterocycles. The van der Waals surface area contributed by atoms with E-state index in [2.05, 4.69) is 21.2 Å². The van der Waals surface area contributed by atoms with Gasteiger partial charge in [-0.1, -0.05) is 34.5 Å². The zero-order valence-corrected chi connectivity index (χ0v) is 13.0. The van der Waals surface area contributed by atoms with Gasteiger partial charge >= 0.3 is 6.18 Å². The van der Waals surface area contributed by atoms with Gasteiger partial charge in [-0.15, -0.1) is 0 Å². The summed E-state index contributed by atoms with van der Waals surface area (Å²) >= 11 is 3.31. The smallest absolute Gasteiger partial charge is 0.353 e. The molecule has 6 heteroatoms. The van der Waals surface area contributed by atoms with E-state index in [1.807, 2.05) is 24.3 Å². The van der Waals surface area contributed by atoms with Crippen molar-refractivity contribution in [2.24, 2.45) is 5.92 Å². The quantitative estimate of drug-likeness (QED) is 0.855. The molecule has 21 heavy (non-hydrogen) atoms. The number of carbonyl (C=O) groups is 1. The van der Waals surface area contributed by atoms with E-state index in [-0.39, 0.29) is 31.2 Å². The van der Waals surface area contributed by atoms with Crippen LogP contribution in [0.15, 0.2) is 28.7 Å². The topological polar surface area (TPSA) is 29.1 Å². The van der Waals surface area contributed by atoms with Crippen molar-refractivity contribution >= 4 is 21.8 Å². The summed E-state index contributed by atoms with van der Waals surface area (Å²) in [6.07, 6.45) is -2.67. The number of carbonyl (C=O) groups excluding carboxylic acids is 1. The molecule has 116 valence electrons. The van der Waals surface area contributed by atoms with Gasteiger partial charge in [-0.2, -0.15) is 13.2 Å². The lowest BCUT2D eigenvalue weighted by atomic mass is 9.85. The van der Waals surface area contributed by atoms with Crippen molar-refractivity contribution in [1.29, 1.82) is 0 Å². The molecule has 1 aromatic carbocycles. The van der Waals surface area contributed by atoms with Crippen molar-refractivity contribution in [2.75, 3.05) is 0 Å². The minimum atomic E-state index is -4.16. The van der Waals surface area contributed by atoms with E-state index in [0.717, 1.165) is 10.0 Å². The third-order valence-corrected chi connectivity index (χ3v) is 4.31. The second kappa shape index (κ2) is 6.81. The standard InChI is InChI=1S/C15H17BrF3NO/c16-12-6-4-10(5-7-12)8-14(21)20-13-3-1-2-11(9-13)15(17,18)19/h4-7,11,13H,1-3,8-9H2,(H,20,21). The Hall–Kier alpha value is -1.04. The van der Waals surface area contributed by atoms with Gasteiger partial charge in [-0.05, 0) is 37.0 Å². The molecule has 0 bridgehead atoms. The number of halogens is 4. The molecule has 1 saturated carbocycles. The molecule has 0 aliphatic heterocycles. The molecular weight excluding hydrogens is 347 g/mol. The van der Waals surface area contributed by atoms with Crippen LogP contribution in [0, 0.1) is 5.92 Å². The number of nitrogens with one attached hydrogen (secondary N) is 1. The van der Waals surface area contributed by atoms with Gasteiger partial charge in [-0.3, -0.25) is 4.79 Å². The first-order chi connectivity index (χ1) is 9.84. The van der Waals surface area contributed by atoms with Gasteiger partial charge in [0.25, 0.3) is 0 Å². The number of hydrogen-bond acceptors (Lipinski definition) is 1. The SMILES string of the molecule is O=C(Cc1ccc(Br)cc1)NC1CCCC(C(F)(F)F)C1. The fourth-order valence-corrected chi connectivity index (χ4v) is 2.95. The Balaban J connectivity index is 1.86. The first-order valence-corrected chi connectivity index (χ1v) is 7.74. The van der Waals surface area contributed by atoms with Crippen molar-refractivity contribution < 1.29 is 18.0 Å². The molecule has 1 amide bonds. The van der Waals surface area contributed by atoms with E-state index < -0.39 is 12.1 Å². The molecule has 1 N–H and O–H groups in total. The van der Waals surface area contributed by atoms with Gasteiger partial charge in [0.1, 0.15) is 0 Å². The van der Waals surface area contributed by atoms with Gasteiger partial charge in [0.2, 0.25) is 5.91 Å². The first-order valence-electron chi connectivity index (χ1n) is 6.95. The zero-order chi connectivity index (χ0) is 15.5. The molecule has 1 aromatic rings. The summed E-state index contributed by atoms with van der Waals surface area (Å²) in [6, 6.07) is 6.95. The summed E-state index contributed by atoms with van der Waals surface area (Å²) in [6.45, 7) is 0. The Kier molecular flexibility index (Phi) is 5.30. The second-order valence-electron chi connectivity index (χ2n) is 5.47. The van der Waals surface area contributed by atoms with Crippen LogP contribution in [-0.4, -0.2) is 18.1 Å². The highest BCUT2D eigenvalue weighted by Gasteiger charge is 2.42.